The number of tetrazole rings is 1. The Morgan fingerprint density at radius 1 is 1.10 bits per heavy atom. The van der Waals surface area contributed by atoms with Gasteiger partial charge in [0.2, 0.25) is 0 Å². The largest absolute Gasteiger partial charge is 0.491 e. The summed E-state index contributed by atoms with van der Waals surface area (Å²) >= 11 is 1.43. The zero-order valence-electron chi connectivity index (χ0n) is 17.8. The van der Waals surface area contributed by atoms with E-state index in [1.807, 2.05) is 68.6 Å². The highest BCUT2D eigenvalue weighted by molar-refractivity contribution is 7.11. The SMILES string of the molecule is Cc1cccc(-n2nnn(C)c2=O)c1COc1nc(-c2ccc(OC(C)C)cc2)cs1. The Balaban J connectivity index is 1.52. The molecular formula is C22H23N5O3S. The predicted molar refractivity (Wildman–Crippen MR) is 119 cm³/mol. The second-order valence-electron chi connectivity index (χ2n) is 7.35. The minimum Gasteiger partial charge on any atom is -0.491 e. The number of ether oxygens (including phenoxy) is 2. The standard InChI is InChI=1S/C22H23N5O3S/c1-14(2)30-17-10-8-16(9-11-17)19-13-31-21(23-19)29-12-18-15(3)6-5-7-20(18)27-22(28)26(4)24-25-27/h5-11,13-14H,12H2,1-4H3. The summed E-state index contributed by atoms with van der Waals surface area (Å²) in [6, 6.07) is 13.5. The molecule has 0 saturated carbocycles. The van der Waals surface area contributed by atoms with E-state index in [0.717, 1.165) is 28.1 Å². The Hall–Kier alpha value is -3.46. The molecule has 0 radical (unpaired) electrons. The third-order valence-electron chi connectivity index (χ3n) is 4.68. The molecule has 0 saturated heterocycles. The van der Waals surface area contributed by atoms with Crippen molar-refractivity contribution in [2.24, 2.45) is 7.05 Å². The lowest BCUT2D eigenvalue weighted by Crippen LogP contribution is -2.23. The Kier molecular flexibility index (Phi) is 5.85. The van der Waals surface area contributed by atoms with Crippen molar-refractivity contribution in [3.63, 3.8) is 0 Å². The minimum absolute atomic E-state index is 0.134. The number of thiazole rings is 1. The topological polar surface area (TPSA) is 84.1 Å². The van der Waals surface area contributed by atoms with Gasteiger partial charge in [0.05, 0.1) is 17.5 Å². The van der Waals surface area contributed by atoms with Crippen molar-refractivity contribution in [2.45, 2.75) is 33.5 Å². The Morgan fingerprint density at radius 2 is 1.87 bits per heavy atom. The summed E-state index contributed by atoms with van der Waals surface area (Å²) in [5, 5.41) is 10.3. The van der Waals surface area contributed by atoms with E-state index in [9.17, 15) is 4.79 Å². The second-order valence-corrected chi connectivity index (χ2v) is 8.17. The fraction of sp³-hybridized carbons (Fsp3) is 0.273. The van der Waals surface area contributed by atoms with Crippen LogP contribution in [-0.4, -0.2) is 30.9 Å². The van der Waals surface area contributed by atoms with Gasteiger partial charge < -0.3 is 9.47 Å². The summed E-state index contributed by atoms with van der Waals surface area (Å²) < 4.78 is 14.1. The molecule has 2 heterocycles. The highest BCUT2D eigenvalue weighted by atomic mass is 32.1. The summed E-state index contributed by atoms with van der Waals surface area (Å²) in [4.78, 5) is 16.9. The average molecular weight is 438 g/mol. The molecular weight excluding hydrogens is 414 g/mol. The molecule has 0 aliphatic carbocycles. The molecule has 4 rings (SSSR count). The second kappa shape index (κ2) is 8.73. The number of aromatic nitrogens is 5. The van der Waals surface area contributed by atoms with Crippen LogP contribution in [0.4, 0.5) is 0 Å². The van der Waals surface area contributed by atoms with Crippen molar-refractivity contribution in [2.75, 3.05) is 0 Å². The van der Waals surface area contributed by atoms with Crippen LogP contribution in [-0.2, 0) is 13.7 Å². The van der Waals surface area contributed by atoms with Gasteiger partial charge in [-0.3, -0.25) is 0 Å². The zero-order valence-corrected chi connectivity index (χ0v) is 18.6. The van der Waals surface area contributed by atoms with E-state index in [4.69, 9.17) is 9.47 Å². The summed E-state index contributed by atoms with van der Waals surface area (Å²) in [5.74, 6) is 0.830. The van der Waals surface area contributed by atoms with Crippen molar-refractivity contribution in [1.29, 1.82) is 0 Å². The molecule has 9 heteroatoms. The number of benzene rings is 2. The third-order valence-corrected chi connectivity index (χ3v) is 5.43. The van der Waals surface area contributed by atoms with E-state index in [1.54, 1.807) is 7.05 Å². The van der Waals surface area contributed by atoms with Crippen LogP contribution in [0.25, 0.3) is 16.9 Å². The van der Waals surface area contributed by atoms with Gasteiger partial charge in [-0.2, -0.15) is 9.36 Å². The number of hydrogen-bond donors (Lipinski definition) is 0. The molecule has 0 spiro atoms. The van der Waals surface area contributed by atoms with Crippen molar-refractivity contribution in [3.05, 3.63) is 69.5 Å². The maximum atomic E-state index is 12.3. The summed E-state index contributed by atoms with van der Waals surface area (Å²) in [6.45, 7) is 6.23. The van der Waals surface area contributed by atoms with Crippen LogP contribution in [0.3, 0.4) is 0 Å². The highest BCUT2D eigenvalue weighted by Crippen LogP contribution is 2.29. The molecule has 0 aliphatic heterocycles. The van der Waals surface area contributed by atoms with Crippen LogP contribution in [0.15, 0.2) is 52.6 Å². The molecule has 0 amide bonds. The lowest BCUT2D eigenvalue weighted by Gasteiger charge is -2.11. The van der Waals surface area contributed by atoms with Crippen molar-refractivity contribution >= 4 is 11.3 Å². The lowest BCUT2D eigenvalue weighted by atomic mass is 10.1. The first-order chi connectivity index (χ1) is 14.9. The molecule has 0 N–H and O–H groups in total. The van der Waals surface area contributed by atoms with Gasteiger partial charge in [-0.05, 0) is 67.1 Å². The normalized spacial score (nSPS) is 11.1. The number of aryl methyl sites for hydroxylation is 2. The molecule has 0 aliphatic rings. The van der Waals surface area contributed by atoms with Crippen LogP contribution in [0, 0.1) is 6.92 Å². The molecule has 0 atom stereocenters. The van der Waals surface area contributed by atoms with Crippen molar-refractivity contribution in [1.82, 2.24) is 24.8 Å². The van der Waals surface area contributed by atoms with E-state index >= 15 is 0 Å². The average Bonchev–Trinajstić information content (AvgIpc) is 3.34. The zero-order chi connectivity index (χ0) is 22.0. The van der Waals surface area contributed by atoms with E-state index in [2.05, 4.69) is 15.4 Å². The molecule has 2 aromatic carbocycles. The van der Waals surface area contributed by atoms with Crippen LogP contribution in [0.2, 0.25) is 0 Å². The summed E-state index contributed by atoms with van der Waals surface area (Å²) in [7, 11) is 1.57. The first-order valence-electron chi connectivity index (χ1n) is 9.85. The number of hydrogen-bond acceptors (Lipinski definition) is 7. The van der Waals surface area contributed by atoms with E-state index in [0.29, 0.717) is 10.9 Å². The monoisotopic (exact) mass is 437 g/mol. The maximum absolute atomic E-state index is 12.3. The lowest BCUT2D eigenvalue weighted by molar-refractivity contribution is 0.242. The predicted octanol–water partition coefficient (Wildman–Crippen LogP) is 3.76. The molecule has 0 fully saturated rings. The Labute approximate surface area is 183 Å². The molecule has 2 aromatic heterocycles. The van der Waals surface area contributed by atoms with Crippen molar-refractivity contribution in [3.8, 4) is 27.9 Å². The van der Waals surface area contributed by atoms with Crippen LogP contribution in [0.5, 0.6) is 10.9 Å². The fourth-order valence-corrected chi connectivity index (χ4v) is 3.78. The fourth-order valence-electron chi connectivity index (χ4n) is 3.10. The molecule has 160 valence electrons. The van der Waals surface area contributed by atoms with Gasteiger partial charge in [-0.1, -0.05) is 23.5 Å². The first kappa shape index (κ1) is 20.8. The van der Waals surface area contributed by atoms with Gasteiger partial charge >= 0.3 is 5.69 Å². The smallest absolute Gasteiger partial charge is 0.368 e. The van der Waals surface area contributed by atoms with Crippen LogP contribution < -0.4 is 15.2 Å². The van der Waals surface area contributed by atoms with Crippen molar-refractivity contribution < 1.29 is 9.47 Å². The summed E-state index contributed by atoms with van der Waals surface area (Å²) in [6.07, 6.45) is 0.134. The van der Waals surface area contributed by atoms with Crippen LogP contribution >= 0.6 is 11.3 Å². The first-order valence-corrected chi connectivity index (χ1v) is 10.7. The number of rotatable bonds is 7. The Bertz CT molecular complexity index is 1240. The van der Waals surface area contributed by atoms with Gasteiger partial charge in [0, 0.05) is 23.6 Å². The molecule has 31 heavy (non-hydrogen) atoms. The van der Waals surface area contributed by atoms with Gasteiger partial charge in [0.15, 0.2) is 0 Å². The van der Waals surface area contributed by atoms with E-state index < -0.39 is 0 Å². The van der Waals surface area contributed by atoms with Gasteiger partial charge in [-0.25, -0.2) is 9.78 Å². The van der Waals surface area contributed by atoms with Crippen LogP contribution in [0.1, 0.15) is 25.0 Å². The van der Waals surface area contributed by atoms with Gasteiger partial charge in [0.1, 0.15) is 12.4 Å². The van der Waals surface area contributed by atoms with Gasteiger partial charge in [-0.15, -0.1) is 0 Å². The minimum atomic E-state index is -0.312. The van der Waals surface area contributed by atoms with E-state index in [-0.39, 0.29) is 18.4 Å². The molecule has 0 bridgehead atoms. The third kappa shape index (κ3) is 4.51. The molecule has 8 nitrogen and oxygen atoms in total. The maximum Gasteiger partial charge on any atom is 0.368 e. The molecule has 4 aromatic rings. The summed E-state index contributed by atoms with van der Waals surface area (Å²) in [5.41, 5.74) is 4.02. The van der Waals surface area contributed by atoms with E-state index in [1.165, 1.54) is 20.7 Å². The molecule has 0 unspecified atom stereocenters. The Morgan fingerprint density at radius 3 is 2.55 bits per heavy atom. The quantitative estimate of drug-likeness (QED) is 0.438. The number of nitrogens with zero attached hydrogens (tertiary/aromatic N) is 5. The van der Waals surface area contributed by atoms with Gasteiger partial charge in [0.25, 0.3) is 5.19 Å². The highest BCUT2D eigenvalue weighted by Gasteiger charge is 2.14.